The lowest BCUT2D eigenvalue weighted by Gasteiger charge is -2.39. The number of carbonyl (C=O) groups excluding carboxylic acids is 2. The Hall–Kier alpha value is -1.88. The van der Waals surface area contributed by atoms with Gasteiger partial charge in [0, 0.05) is 6.61 Å². The molecule has 5 nitrogen and oxygen atoms in total. The minimum absolute atomic E-state index is 0.0460. The second-order valence-corrected chi connectivity index (χ2v) is 5.75. The Labute approximate surface area is 125 Å². The molecule has 1 aliphatic rings. The van der Waals surface area contributed by atoms with Crippen LogP contribution in [-0.2, 0) is 14.3 Å². The highest BCUT2D eigenvalue weighted by Gasteiger charge is 2.38. The number of nitrogens with one attached hydrogen (secondary N) is 1. The zero-order chi connectivity index (χ0) is 15.5. The first-order chi connectivity index (χ1) is 9.94. The van der Waals surface area contributed by atoms with Crippen LogP contribution in [0.5, 0.6) is 0 Å². The first-order valence-electron chi connectivity index (χ1n) is 7.20. The molecule has 1 aromatic rings. The van der Waals surface area contributed by atoms with E-state index in [1.807, 2.05) is 51.1 Å². The van der Waals surface area contributed by atoms with E-state index in [0.29, 0.717) is 13.2 Å². The van der Waals surface area contributed by atoms with Crippen LogP contribution in [0.2, 0.25) is 0 Å². The third-order valence-electron chi connectivity index (χ3n) is 3.50. The van der Waals surface area contributed by atoms with E-state index in [0.717, 1.165) is 5.56 Å². The van der Waals surface area contributed by atoms with Gasteiger partial charge in [0.25, 0.3) is 0 Å². The second kappa shape index (κ2) is 6.26. The van der Waals surface area contributed by atoms with E-state index >= 15 is 0 Å². The maximum atomic E-state index is 12.3. The SMILES string of the molecule is CCOC(C)(C)CN1C(=O)CNC(=O)C1c1ccccc1. The van der Waals surface area contributed by atoms with E-state index in [1.54, 1.807) is 4.90 Å². The van der Waals surface area contributed by atoms with Gasteiger partial charge in [0.05, 0.1) is 18.7 Å². The fraction of sp³-hybridized carbons (Fsp3) is 0.500. The van der Waals surface area contributed by atoms with Crippen LogP contribution < -0.4 is 5.32 Å². The predicted octanol–water partition coefficient (Wildman–Crippen LogP) is 1.50. The van der Waals surface area contributed by atoms with Gasteiger partial charge in [-0.15, -0.1) is 0 Å². The first-order valence-corrected chi connectivity index (χ1v) is 7.20. The van der Waals surface area contributed by atoms with E-state index in [2.05, 4.69) is 5.32 Å². The van der Waals surface area contributed by atoms with Gasteiger partial charge >= 0.3 is 0 Å². The number of nitrogens with zero attached hydrogens (tertiary/aromatic N) is 1. The van der Waals surface area contributed by atoms with Gasteiger partial charge in [0.1, 0.15) is 6.04 Å². The standard InChI is InChI=1S/C16H22N2O3/c1-4-21-16(2,3)11-18-13(19)10-17-15(20)14(18)12-8-6-5-7-9-12/h5-9,14H,4,10-11H2,1-3H3,(H,17,20). The summed E-state index contributed by atoms with van der Waals surface area (Å²) < 4.78 is 5.67. The molecule has 114 valence electrons. The van der Waals surface area contributed by atoms with Crippen LogP contribution in [-0.4, -0.2) is 42.0 Å². The molecule has 1 unspecified atom stereocenters. The molecule has 1 heterocycles. The van der Waals surface area contributed by atoms with Gasteiger partial charge in [0.15, 0.2) is 0 Å². The van der Waals surface area contributed by atoms with Crippen molar-refractivity contribution < 1.29 is 14.3 Å². The molecular formula is C16H22N2O3. The Kier molecular flexibility index (Phi) is 4.63. The minimum Gasteiger partial charge on any atom is -0.374 e. The van der Waals surface area contributed by atoms with Crippen LogP contribution in [0, 0.1) is 0 Å². The highest BCUT2D eigenvalue weighted by molar-refractivity contribution is 5.95. The molecule has 1 aliphatic heterocycles. The Bertz CT molecular complexity index is 514. The third kappa shape index (κ3) is 3.61. The zero-order valence-electron chi connectivity index (χ0n) is 12.8. The number of benzene rings is 1. The maximum Gasteiger partial charge on any atom is 0.247 e. The van der Waals surface area contributed by atoms with E-state index < -0.39 is 11.6 Å². The van der Waals surface area contributed by atoms with Crippen molar-refractivity contribution in [1.82, 2.24) is 10.2 Å². The number of rotatable bonds is 5. The van der Waals surface area contributed by atoms with Crippen molar-refractivity contribution in [2.24, 2.45) is 0 Å². The average molecular weight is 290 g/mol. The number of carbonyl (C=O) groups is 2. The van der Waals surface area contributed by atoms with E-state index in [-0.39, 0.29) is 18.4 Å². The topological polar surface area (TPSA) is 58.6 Å². The second-order valence-electron chi connectivity index (χ2n) is 5.75. The van der Waals surface area contributed by atoms with Gasteiger partial charge in [-0.05, 0) is 26.3 Å². The fourth-order valence-corrected chi connectivity index (χ4v) is 2.64. The van der Waals surface area contributed by atoms with Crippen LogP contribution in [0.15, 0.2) is 30.3 Å². The molecule has 0 bridgehead atoms. The van der Waals surface area contributed by atoms with Crippen molar-refractivity contribution in [3.8, 4) is 0 Å². The van der Waals surface area contributed by atoms with E-state index in [1.165, 1.54) is 0 Å². The highest BCUT2D eigenvalue weighted by atomic mass is 16.5. The predicted molar refractivity (Wildman–Crippen MR) is 79.6 cm³/mol. The zero-order valence-corrected chi connectivity index (χ0v) is 12.8. The summed E-state index contributed by atoms with van der Waals surface area (Å²) in [5.41, 5.74) is 0.324. The molecule has 2 amide bonds. The van der Waals surface area contributed by atoms with Crippen LogP contribution in [0.25, 0.3) is 0 Å². The molecule has 1 aromatic carbocycles. The van der Waals surface area contributed by atoms with Gasteiger partial charge in [0.2, 0.25) is 11.8 Å². The van der Waals surface area contributed by atoms with Gasteiger partial charge in [-0.1, -0.05) is 30.3 Å². The largest absolute Gasteiger partial charge is 0.374 e. The number of amides is 2. The van der Waals surface area contributed by atoms with Gasteiger partial charge in [-0.3, -0.25) is 9.59 Å². The lowest BCUT2D eigenvalue weighted by molar-refractivity contribution is -0.150. The summed E-state index contributed by atoms with van der Waals surface area (Å²) in [6.45, 7) is 6.77. The van der Waals surface area contributed by atoms with E-state index in [9.17, 15) is 9.59 Å². The van der Waals surface area contributed by atoms with Crippen molar-refractivity contribution in [3.63, 3.8) is 0 Å². The van der Waals surface area contributed by atoms with Crippen molar-refractivity contribution in [1.29, 1.82) is 0 Å². The highest BCUT2D eigenvalue weighted by Crippen LogP contribution is 2.26. The van der Waals surface area contributed by atoms with Gasteiger partial charge < -0.3 is 15.0 Å². The Morgan fingerprint density at radius 3 is 2.57 bits per heavy atom. The molecule has 0 aliphatic carbocycles. The Morgan fingerprint density at radius 2 is 1.95 bits per heavy atom. The van der Waals surface area contributed by atoms with Crippen LogP contribution in [0.3, 0.4) is 0 Å². The molecule has 5 heteroatoms. The van der Waals surface area contributed by atoms with Crippen molar-refractivity contribution in [2.45, 2.75) is 32.4 Å². The molecular weight excluding hydrogens is 268 g/mol. The molecule has 1 N–H and O–H groups in total. The third-order valence-corrected chi connectivity index (χ3v) is 3.50. The van der Waals surface area contributed by atoms with Crippen LogP contribution in [0.1, 0.15) is 32.4 Å². The molecule has 0 saturated carbocycles. The van der Waals surface area contributed by atoms with E-state index in [4.69, 9.17) is 4.74 Å². The summed E-state index contributed by atoms with van der Waals surface area (Å²) in [6, 6.07) is 8.77. The molecule has 0 radical (unpaired) electrons. The molecule has 0 spiro atoms. The summed E-state index contributed by atoms with van der Waals surface area (Å²) in [5, 5.41) is 2.66. The molecule has 2 rings (SSSR count). The van der Waals surface area contributed by atoms with Crippen LogP contribution in [0.4, 0.5) is 0 Å². The Balaban J connectivity index is 2.29. The molecule has 0 aromatic heterocycles. The summed E-state index contributed by atoms with van der Waals surface area (Å²) >= 11 is 0. The summed E-state index contributed by atoms with van der Waals surface area (Å²) in [7, 11) is 0. The minimum atomic E-state index is -0.591. The van der Waals surface area contributed by atoms with Crippen molar-refractivity contribution in [2.75, 3.05) is 19.7 Å². The average Bonchev–Trinajstić information content (AvgIpc) is 2.44. The monoisotopic (exact) mass is 290 g/mol. The van der Waals surface area contributed by atoms with Crippen molar-refractivity contribution >= 4 is 11.8 Å². The van der Waals surface area contributed by atoms with Crippen molar-refractivity contribution in [3.05, 3.63) is 35.9 Å². The number of hydrogen-bond donors (Lipinski definition) is 1. The summed E-state index contributed by atoms with van der Waals surface area (Å²) in [6.07, 6.45) is 0. The number of ether oxygens (including phenoxy) is 1. The molecule has 1 saturated heterocycles. The number of hydrogen-bond acceptors (Lipinski definition) is 3. The quantitative estimate of drug-likeness (QED) is 0.894. The lowest BCUT2D eigenvalue weighted by atomic mass is 9.99. The molecule has 21 heavy (non-hydrogen) atoms. The summed E-state index contributed by atoms with van der Waals surface area (Å²) in [5.74, 6) is -0.232. The normalized spacial score (nSPS) is 19.6. The molecule has 1 fully saturated rings. The smallest absolute Gasteiger partial charge is 0.247 e. The lowest BCUT2D eigenvalue weighted by Crippen LogP contribution is -2.57. The Morgan fingerprint density at radius 1 is 1.29 bits per heavy atom. The fourth-order valence-electron chi connectivity index (χ4n) is 2.64. The maximum absolute atomic E-state index is 12.3. The van der Waals surface area contributed by atoms with Gasteiger partial charge in [-0.2, -0.15) is 0 Å². The number of piperazine rings is 1. The summed E-state index contributed by atoms with van der Waals surface area (Å²) in [4.78, 5) is 26.1. The van der Waals surface area contributed by atoms with Gasteiger partial charge in [-0.25, -0.2) is 0 Å². The first kappa shape index (κ1) is 15.5. The van der Waals surface area contributed by atoms with Crippen LogP contribution >= 0.6 is 0 Å². The molecule has 1 atom stereocenters.